The summed E-state index contributed by atoms with van der Waals surface area (Å²) in [5.74, 6) is 0.833. The standard InChI is InChI=1S/C15H29ClN2/c16-9-5-1-2-6-10-17-11-13-18(14-12-17)15-7-3-4-8-15/h15H,1-14H2. The normalized spacial score (nSPS) is 23.8. The highest BCUT2D eigenvalue weighted by molar-refractivity contribution is 6.17. The monoisotopic (exact) mass is 272 g/mol. The molecule has 0 N–H and O–H groups in total. The van der Waals surface area contributed by atoms with Crippen molar-refractivity contribution in [2.45, 2.75) is 57.4 Å². The molecule has 0 unspecified atom stereocenters. The van der Waals surface area contributed by atoms with E-state index in [9.17, 15) is 0 Å². The minimum absolute atomic E-state index is 0.833. The summed E-state index contributed by atoms with van der Waals surface area (Å²) < 4.78 is 0. The average Bonchev–Trinajstić information content (AvgIpc) is 2.93. The summed E-state index contributed by atoms with van der Waals surface area (Å²) in [5, 5.41) is 0. The van der Waals surface area contributed by atoms with Gasteiger partial charge in [-0.3, -0.25) is 4.90 Å². The second kappa shape index (κ2) is 8.39. The van der Waals surface area contributed by atoms with Gasteiger partial charge in [0.05, 0.1) is 0 Å². The van der Waals surface area contributed by atoms with Crippen LogP contribution < -0.4 is 0 Å². The topological polar surface area (TPSA) is 6.48 Å². The predicted molar refractivity (Wildman–Crippen MR) is 79.5 cm³/mol. The summed E-state index contributed by atoms with van der Waals surface area (Å²) in [5.41, 5.74) is 0. The van der Waals surface area contributed by atoms with Crippen molar-refractivity contribution in [1.82, 2.24) is 9.80 Å². The van der Waals surface area contributed by atoms with Gasteiger partial charge in [-0.1, -0.05) is 25.7 Å². The summed E-state index contributed by atoms with van der Waals surface area (Å²) in [4.78, 5) is 5.41. The summed E-state index contributed by atoms with van der Waals surface area (Å²) >= 11 is 5.69. The third kappa shape index (κ3) is 4.71. The Labute approximate surface area is 118 Å². The van der Waals surface area contributed by atoms with Crippen LogP contribution in [-0.4, -0.2) is 54.4 Å². The Bertz CT molecular complexity index is 209. The van der Waals surface area contributed by atoms with Gasteiger partial charge in [0, 0.05) is 38.1 Å². The fourth-order valence-corrected chi connectivity index (χ4v) is 3.59. The zero-order valence-electron chi connectivity index (χ0n) is 11.7. The first-order valence-electron chi connectivity index (χ1n) is 7.92. The quantitative estimate of drug-likeness (QED) is 0.518. The summed E-state index contributed by atoms with van der Waals surface area (Å²) in [7, 11) is 0. The van der Waals surface area contributed by atoms with Gasteiger partial charge in [0.15, 0.2) is 0 Å². The number of piperazine rings is 1. The van der Waals surface area contributed by atoms with E-state index < -0.39 is 0 Å². The number of halogens is 1. The largest absolute Gasteiger partial charge is 0.301 e. The van der Waals surface area contributed by atoms with E-state index in [1.807, 2.05) is 0 Å². The van der Waals surface area contributed by atoms with Crippen molar-refractivity contribution < 1.29 is 0 Å². The Kier molecular flexibility index (Phi) is 6.82. The first kappa shape index (κ1) is 14.6. The smallest absolute Gasteiger partial charge is 0.0223 e. The summed E-state index contributed by atoms with van der Waals surface area (Å²) in [6.45, 7) is 6.53. The first-order valence-corrected chi connectivity index (χ1v) is 8.46. The maximum Gasteiger partial charge on any atom is 0.0223 e. The van der Waals surface area contributed by atoms with E-state index in [2.05, 4.69) is 9.80 Å². The van der Waals surface area contributed by atoms with Crippen molar-refractivity contribution >= 4 is 11.6 Å². The molecule has 0 aromatic carbocycles. The fraction of sp³-hybridized carbons (Fsp3) is 1.00. The lowest BCUT2D eigenvalue weighted by atomic mass is 10.1. The number of unbranched alkanes of at least 4 members (excludes halogenated alkanes) is 3. The van der Waals surface area contributed by atoms with Gasteiger partial charge in [-0.05, 0) is 32.2 Å². The maximum atomic E-state index is 5.69. The molecule has 1 aliphatic carbocycles. The van der Waals surface area contributed by atoms with Crippen LogP contribution in [0.1, 0.15) is 51.4 Å². The molecule has 3 heteroatoms. The minimum Gasteiger partial charge on any atom is -0.301 e. The van der Waals surface area contributed by atoms with Crippen LogP contribution in [-0.2, 0) is 0 Å². The van der Waals surface area contributed by atoms with Crippen LogP contribution in [0, 0.1) is 0 Å². The summed E-state index contributed by atoms with van der Waals surface area (Å²) in [6, 6.07) is 0.927. The molecule has 0 amide bonds. The van der Waals surface area contributed by atoms with Crippen molar-refractivity contribution in [2.24, 2.45) is 0 Å². The molecule has 0 aromatic heterocycles. The Hall–Kier alpha value is 0.210. The highest BCUT2D eigenvalue weighted by Crippen LogP contribution is 2.24. The van der Waals surface area contributed by atoms with Crippen LogP contribution in [0.5, 0.6) is 0 Å². The van der Waals surface area contributed by atoms with Gasteiger partial charge < -0.3 is 4.90 Å². The molecule has 2 rings (SSSR count). The Morgan fingerprint density at radius 1 is 0.833 bits per heavy atom. The van der Waals surface area contributed by atoms with E-state index in [4.69, 9.17) is 11.6 Å². The van der Waals surface area contributed by atoms with Crippen LogP contribution in [0.2, 0.25) is 0 Å². The number of hydrogen-bond donors (Lipinski definition) is 0. The number of alkyl halides is 1. The van der Waals surface area contributed by atoms with Gasteiger partial charge in [0.25, 0.3) is 0 Å². The highest BCUT2D eigenvalue weighted by Gasteiger charge is 2.25. The lowest BCUT2D eigenvalue weighted by Gasteiger charge is -2.38. The molecular weight excluding hydrogens is 244 g/mol. The molecule has 106 valence electrons. The minimum atomic E-state index is 0.833. The molecule has 2 nitrogen and oxygen atoms in total. The van der Waals surface area contributed by atoms with Gasteiger partial charge >= 0.3 is 0 Å². The van der Waals surface area contributed by atoms with E-state index in [-0.39, 0.29) is 0 Å². The third-order valence-electron chi connectivity index (χ3n) is 4.61. The first-order chi connectivity index (χ1) is 8.90. The molecule has 0 bridgehead atoms. The number of nitrogens with zero attached hydrogens (tertiary/aromatic N) is 2. The average molecular weight is 273 g/mol. The molecule has 2 fully saturated rings. The van der Waals surface area contributed by atoms with Crippen molar-refractivity contribution in [2.75, 3.05) is 38.6 Å². The number of hydrogen-bond acceptors (Lipinski definition) is 2. The molecule has 1 saturated heterocycles. The zero-order chi connectivity index (χ0) is 12.6. The van der Waals surface area contributed by atoms with E-state index in [0.29, 0.717) is 0 Å². The molecule has 0 spiro atoms. The van der Waals surface area contributed by atoms with E-state index >= 15 is 0 Å². The van der Waals surface area contributed by atoms with Gasteiger partial charge in [0.1, 0.15) is 0 Å². The van der Waals surface area contributed by atoms with Crippen LogP contribution in [0.15, 0.2) is 0 Å². The van der Waals surface area contributed by atoms with Crippen LogP contribution >= 0.6 is 11.6 Å². The Balaban J connectivity index is 1.53. The molecule has 18 heavy (non-hydrogen) atoms. The highest BCUT2D eigenvalue weighted by atomic mass is 35.5. The molecular formula is C15H29ClN2. The van der Waals surface area contributed by atoms with Crippen molar-refractivity contribution in [3.63, 3.8) is 0 Å². The van der Waals surface area contributed by atoms with E-state index in [1.54, 1.807) is 0 Å². The Morgan fingerprint density at radius 2 is 1.50 bits per heavy atom. The second-order valence-corrected chi connectivity index (χ2v) is 6.30. The van der Waals surface area contributed by atoms with Crippen LogP contribution in [0.4, 0.5) is 0 Å². The Morgan fingerprint density at radius 3 is 2.17 bits per heavy atom. The molecule has 2 aliphatic rings. The van der Waals surface area contributed by atoms with Crippen LogP contribution in [0.25, 0.3) is 0 Å². The molecule has 1 aliphatic heterocycles. The zero-order valence-corrected chi connectivity index (χ0v) is 12.5. The molecule has 0 atom stereocenters. The lowest BCUT2D eigenvalue weighted by molar-refractivity contribution is 0.0967. The molecule has 0 radical (unpaired) electrons. The molecule has 1 saturated carbocycles. The predicted octanol–water partition coefficient (Wildman–Crippen LogP) is 3.35. The van der Waals surface area contributed by atoms with Gasteiger partial charge in [-0.25, -0.2) is 0 Å². The number of rotatable bonds is 7. The molecule has 1 heterocycles. The van der Waals surface area contributed by atoms with Crippen molar-refractivity contribution in [3.8, 4) is 0 Å². The van der Waals surface area contributed by atoms with Gasteiger partial charge in [-0.2, -0.15) is 0 Å². The second-order valence-electron chi connectivity index (χ2n) is 5.92. The van der Waals surface area contributed by atoms with Gasteiger partial charge in [0.2, 0.25) is 0 Å². The fourth-order valence-electron chi connectivity index (χ4n) is 3.40. The van der Waals surface area contributed by atoms with E-state index in [0.717, 1.165) is 11.9 Å². The van der Waals surface area contributed by atoms with Crippen molar-refractivity contribution in [3.05, 3.63) is 0 Å². The van der Waals surface area contributed by atoms with Gasteiger partial charge in [-0.15, -0.1) is 11.6 Å². The molecule has 0 aromatic rings. The van der Waals surface area contributed by atoms with Crippen LogP contribution in [0.3, 0.4) is 0 Å². The maximum absolute atomic E-state index is 5.69. The lowest BCUT2D eigenvalue weighted by Crippen LogP contribution is -2.49. The van der Waals surface area contributed by atoms with Crippen molar-refractivity contribution in [1.29, 1.82) is 0 Å². The SMILES string of the molecule is ClCCCCCCN1CCN(C2CCCC2)CC1. The summed E-state index contributed by atoms with van der Waals surface area (Å²) in [6.07, 6.45) is 11.1. The third-order valence-corrected chi connectivity index (χ3v) is 4.87. The van der Waals surface area contributed by atoms with E-state index in [1.165, 1.54) is 84.1 Å².